The summed E-state index contributed by atoms with van der Waals surface area (Å²) in [7, 11) is 0. The highest BCUT2D eigenvalue weighted by molar-refractivity contribution is 7.99. The van der Waals surface area contributed by atoms with Crippen molar-refractivity contribution in [2.24, 2.45) is 5.92 Å². The molecule has 1 amide bonds. The molecule has 1 saturated heterocycles. The number of piperidine rings is 1. The number of nitrogens with zero attached hydrogens (tertiary/aromatic N) is 3. The van der Waals surface area contributed by atoms with Crippen molar-refractivity contribution in [1.29, 1.82) is 0 Å². The van der Waals surface area contributed by atoms with Crippen LogP contribution in [-0.2, 0) is 11.3 Å². The van der Waals surface area contributed by atoms with Crippen molar-refractivity contribution in [1.82, 2.24) is 20.4 Å². The molecule has 7 heteroatoms. The van der Waals surface area contributed by atoms with E-state index in [9.17, 15) is 4.79 Å². The Morgan fingerprint density at radius 2 is 1.90 bits per heavy atom. The summed E-state index contributed by atoms with van der Waals surface area (Å²) in [6, 6.07) is 20.1. The lowest BCUT2D eigenvalue weighted by Crippen LogP contribution is -2.43. The molecule has 1 aromatic heterocycles. The van der Waals surface area contributed by atoms with Gasteiger partial charge in [0.2, 0.25) is 17.6 Å². The number of hydrogen-bond acceptors (Lipinski definition) is 6. The zero-order valence-corrected chi connectivity index (χ0v) is 17.7. The van der Waals surface area contributed by atoms with E-state index < -0.39 is 0 Å². The van der Waals surface area contributed by atoms with Gasteiger partial charge in [0.05, 0.1) is 12.5 Å². The Morgan fingerprint density at radius 3 is 2.70 bits per heavy atom. The van der Waals surface area contributed by atoms with Gasteiger partial charge in [-0.25, -0.2) is 0 Å². The molecule has 2 aromatic carbocycles. The standard InChI is InChI=1S/C23H26N4O2S/c28-23(24-13-15-30-20-11-5-2-6-12-20)19-10-7-14-27(16-19)17-21-25-22(26-29-21)18-8-3-1-4-9-18/h1-6,8-9,11-12,19H,7,10,13-17H2,(H,24,28). The SMILES string of the molecule is O=C(NCCSc1ccccc1)C1CCCN(Cc2nc(-c3ccccc3)no2)C1. The van der Waals surface area contributed by atoms with E-state index in [1.54, 1.807) is 11.8 Å². The van der Waals surface area contributed by atoms with Gasteiger partial charge in [0.15, 0.2) is 0 Å². The van der Waals surface area contributed by atoms with Crippen LogP contribution in [0.2, 0.25) is 0 Å². The largest absolute Gasteiger partial charge is 0.355 e. The number of benzene rings is 2. The van der Waals surface area contributed by atoms with Crippen LogP contribution in [0.15, 0.2) is 70.1 Å². The van der Waals surface area contributed by atoms with Crippen molar-refractivity contribution in [3.05, 3.63) is 66.6 Å². The molecule has 4 rings (SSSR count). The average Bonchev–Trinajstić information content (AvgIpc) is 3.26. The molecular weight excluding hydrogens is 396 g/mol. The minimum Gasteiger partial charge on any atom is -0.355 e. The minimum absolute atomic E-state index is 0.0111. The topological polar surface area (TPSA) is 71.3 Å². The third kappa shape index (κ3) is 5.70. The molecule has 3 aromatic rings. The quantitative estimate of drug-likeness (QED) is 0.439. The monoisotopic (exact) mass is 422 g/mol. The second-order valence-corrected chi connectivity index (χ2v) is 8.57. The number of carbonyl (C=O) groups excluding carboxylic acids is 1. The molecule has 1 atom stereocenters. The molecule has 1 aliphatic rings. The van der Waals surface area contributed by atoms with Crippen LogP contribution in [0.1, 0.15) is 18.7 Å². The smallest absolute Gasteiger partial charge is 0.241 e. The molecule has 30 heavy (non-hydrogen) atoms. The van der Waals surface area contributed by atoms with Gasteiger partial charge in [-0.2, -0.15) is 4.98 Å². The van der Waals surface area contributed by atoms with Gasteiger partial charge in [-0.1, -0.05) is 53.7 Å². The third-order valence-electron chi connectivity index (χ3n) is 5.15. The summed E-state index contributed by atoms with van der Waals surface area (Å²) in [4.78, 5) is 20.6. The van der Waals surface area contributed by atoms with Crippen LogP contribution >= 0.6 is 11.8 Å². The van der Waals surface area contributed by atoms with Crippen LogP contribution in [-0.4, -0.2) is 46.3 Å². The Morgan fingerprint density at radius 1 is 1.13 bits per heavy atom. The number of amides is 1. The number of aromatic nitrogens is 2. The maximum absolute atomic E-state index is 12.6. The first-order valence-corrected chi connectivity index (χ1v) is 11.3. The zero-order valence-electron chi connectivity index (χ0n) is 16.9. The Kier molecular flexibility index (Phi) is 7.16. The first-order valence-electron chi connectivity index (χ1n) is 10.3. The third-order valence-corrected chi connectivity index (χ3v) is 6.16. The zero-order chi connectivity index (χ0) is 20.6. The van der Waals surface area contributed by atoms with E-state index in [2.05, 4.69) is 32.5 Å². The van der Waals surface area contributed by atoms with Crippen molar-refractivity contribution in [2.45, 2.75) is 24.3 Å². The summed E-state index contributed by atoms with van der Waals surface area (Å²) in [5.74, 6) is 2.22. The van der Waals surface area contributed by atoms with E-state index >= 15 is 0 Å². The number of carbonyl (C=O) groups is 1. The van der Waals surface area contributed by atoms with E-state index in [-0.39, 0.29) is 11.8 Å². The van der Waals surface area contributed by atoms with Crippen LogP contribution in [0.4, 0.5) is 0 Å². The second kappa shape index (κ2) is 10.4. The van der Waals surface area contributed by atoms with E-state index in [4.69, 9.17) is 4.52 Å². The summed E-state index contributed by atoms with van der Waals surface area (Å²) < 4.78 is 5.43. The van der Waals surface area contributed by atoms with Gasteiger partial charge in [-0.3, -0.25) is 9.69 Å². The summed E-state index contributed by atoms with van der Waals surface area (Å²) in [5.41, 5.74) is 0.941. The summed E-state index contributed by atoms with van der Waals surface area (Å²) in [5, 5.41) is 7.18. The maximum Gasteiger partial charge on any atom is 0.241 e. The molecule has 1 aliphatic heterocycles. The number of rotatable bonds is 8. The average molecular weight is 423 g/mol. The molecule has 0 radical (unpaired) electrons. The molecule has 156 valence electrons. The lowest BCUT2D eigenvalue weighted by Gasteiger charge is -2.30. The van der Waals surface area contributed by atoms with Crippen LogP contribution in [0.3, 0.4) is 0 Å². The van der Waals surface area contributed by atoms with Crippen molar-refractivity contribution in [3.8, 4) is 11.4 Å². The van der Waals surface area contributed by atoms with Gasteiger partial charge >= 0.3 is 0 Å². The molecule has 0 bridgehead atoms. The van der Waals surface area contributed by atoms with Crippen molar-refractivity contribution in [2.75, 3.05) is 25.4 Å². The molecule has 1 fully saturated rings. The molecule has 1 N–H and O–H groups in total. The highest BCUT2D eigenvalue weighted by atomic mass is 32.2. The van der Waals surface area contributed by atoms with Crippen LogP contribution < -0.4 is 5.32 Å². The Hall–Kier alpha value is -2.64. The molecule has 0 aliphatic carbocycles. The van der Waals surface area contributed by atoms with Crippen molar-refractivity contribution < 1.29 is 9.32 Å². The number of likely N-dealkylation sites (tertiary alicyclic amines) is 1. The summed E-state index contributed by atoms with van der Waals surface area (Å²) in [6.45, 7) is 2.92. The van der Waals surface area contributed by atoms with Crippen molar-refractivity contribution in [3.63, 3.8) is 0 Å². The first kappa shape index (κ1) is 20.6. The lowest BCUT2D eigenvalue weighted by molar-refractivity contribution is -0.126. The fourth-order valence-corrected chi connectivity index (χ4v) is 4.42. The summed E-state index contributed by atoms with van der Waals surface area (Å²) in [6.07, 6.45) is 1.92. The van der Waals surface area contributed by atoms with Crippen molar-refractivity contribution >= 4 is 17.7 Å². The van der Waals surface area contributed by atoms with Gasteiger partial charge in [-0.05, 0) is 31.5 Å². The fourth-order valence-electron chi connectivity index (χ4n) is 3.63. The Balaban J connectivity index is 1.23. The van der Waals surface area contributed by atoms with E-state index in [1.807, 2.05) is 48.5 Å². The van der Waals surface area contributed by atoms with E-state index in [0.717, 1.165) is 37.2 Å². The molecule has 0 saturated carbocycles. The first-order chi connectivity index (χ1) is 14.8. The van der Waals surface area contributed by atoms with Gasteiger partial charge < -0.3 is 9.84 Å². The minimum atomic E-state index is 0.0111. The summed E-state index contributed by atoms with van der Waals surface area (Å²) >= 11 is 1.76. The van der Waals surface area contributed by atoms with Gasteiger partial charge in [-0.15, -0.1) is 11.8 Å². The number of thioether (sulfide) groups is 1. The molecule has 0 spiro atoms. The molecule has 1 unspecified atom stereocenters. The molecular formula is C23H26N4O2S. The van der Waals surface area contributed by atoms with Crippen LogP contribution in [0.25, 0.3) is 11.4 Å². The number of nitrogens with one attached hydrogen (secondary N) is 1. The second-order valence-electron chi connectivity index (χ2n) is 7.40. The van der Waals surface area contributed by atoms with Gasteiger partial charge in [0.25, 0.3) is 0 Å². The normalized spacial score (nSPS) is 17.0. The number of hydrogen-bond donors (Lipinski definition) is 1. The predicted molar refractivity (Wildman–Crippen MR) is 118 cm³/mol. The lowest BCUT2D eigenvalue weighted by atomic mass is 9.97. The highest BCUT2D eigenvalue weighted by Gasteiger charge is 2.26. The Bertz CT molecular complexity index is 933. The Labute approximate surface area is 181 Å². The van der Waals surface area contributed by atoms with E-state index in [0.29, 0.717) is 24.8 Å². The highest BCUT2D eigenvalue weighted by Crippen LogP contribution is 2.21. The maximum atomic E-state index is 12.6. The van der Waals surface area contributed by atoms with Gasteiger partial charge in [0.1, 0.15) is 0 Å². The van der Waals surface area contributed by atoms with Crippen LogP contribution in [0.5, 0.6) is 0 Å². The van der Waals surface area contributed by atoms with E-state index in [1.165, 1.54) is 4.90 Å². The van der Waals surface area contributed by atoms with Gasteiger partial charge in [0, 0.05) is 29.3 Å². The molecule has 2 heterocycles. The fraction of sp³-hybridized carbons (Fsp3) is 0.348. The predicted octanol–water partition coefficient (Wildman–Crippen LogP) is 3.86. The van der Waals surface area contributed by atoms with Crippen LogP contribution in [0, 0.1) is 5.92 Å². The molecule has 6 nitrogen and oxygen atoms in total.